The van der Waals surface area contributed by atoms with Gasteiger partial charge in [-0.25, -0.2) is 0 Å². The summed E-state index contributed by atoms with van der Waals surface area (Å²) in [6.07, 6.45) is 3.95. The number of ether oxygens (including phenoxy) is 1. The standard InChI is InChI=1S/C19H27N3O3/c1-2-25-17-6-4-3-5-16(17)19(24)21-15-9-11-22(12-10-15)13-18(23)20-14-7-8-14/h3-6,14-15H,2,7-13H2,1H3,(H,20,23)(H,21,24). The predicted octanol–water partition coefficient (Wildman–Crippen LogP) is 1.56. The molecule has 136 valence electrons. The van der Waals surface area contributed by atoms with Gasteiger partial charge in [-0.05, 0) is 44.7 Å². The van der Waals surface area contributed by atoms with Gasteiger partial charge in [0.15, 0.2) is 0 Å². The van der Waals surface area contributed by atoms with Crippen LogP contribution in [0.1, 0.15) is 43.0 Å². The van der Waals surface area contributed by atoms with Crippen molar-refractivity contribution in [3.05, 3.63) is 29.8 Å². The molecule has 2 fully saturated rings. The molecule has 1 heterocycles. The first kappa shape index (κ1) is 17.7. The zero-order valence-corrected chi connectivity index (χ0v) is 14.8. The fraction of sp³-hybridized carbons (Fsp3) is 0.579. The van der Waals surface area contributed by atoms with Crippen molar-refractivity contribution in [3.63, 3.8) is 0 Å². The maximum atomic E-state index is 12.5. The zero-order chi connectivity index (χ0) is 17.6. The van der Waals surface area contributed by atoms with Gasteiger partial charge in [0.25, 0.3) is 5.91 Å². The molecule has 25 heavy (non-hydrogen) atoms. The SMILES string of the molecule is CCOc1ccccc1C(=O)NC1CCN(CC(=O)NC2CC2)CC1. The van der Waals surface area contributed by atoms with Crippen LogP contribution in [0.3, 0.4) is 0 Å². The number of carbonyl (C=O) groups excluding carboxylic acids is 2. The second kappa shape index (κ2) is 8.34. The monoisotopic (exact) mass is 345 g/mol. The fourth-order valence-electron chi connectivity index (χ4n) is 3.14. The summed E-state index contributed by atoms with van der Waals surface area (Å²) in [6, 6.07) is 7.88. The smallest absolute Gasteiger partial charge is 0.255 e. The van der Waals surface area contributed by atoms with Crippen LogP contribution in [0, 0.1) is 0 Å². The molecule has 2 aliphatic rings. The Kier molecular flexibility index (Phi) is 5.91. The second-order valence-corrected chi connectivity index (χ2v) is 6.79. The summed E-state index contributed by atoms with van der Waals surface area (Å²) < 4.78 is 5.53. The first-order valence-electron chi connectivity index (χ1n) is 9.20. The number of amides is 2. The Morgan fingerprint density at radius 2 is 1.76 bits per heavy atom. The van der Waals surface area contributed by atoms with E-state index >= 15 is 0 Å². The summed E-state index contributed by atoms with van der Waals surface area (Å²) in [7, 11) is 0. The molecule has 0 unspecified atom stereocenters. The van der Waals surface area contributed by atoms with Gasteiger partial charge < -0.3 is 15.4 Å². The number of piperidine rings is 1. The van der Waals surface area contributed by atoms with Gasteiger partial charge >= 0.3 is 0 Å². The number of hydrogen-bond donors (Lipinski definition) is 2. The summed E-state index contributed by atoms with van der Waals surface area (Å²) >= 11 is 0. The summed E-state index contributed by atoms with van der Waals surface area (Å²) in [5.74, 6) is 0.654. The van der Waals surface area contributed by atoms with Gasteiger partial charge in [-0.1, -0.05) is 12.1 Å². The Morgan fingerprint density at radius 1 is 1.08 bits per heavy atom. The molecule has 1 aromatic rings. The maximum absolute atomic E-state index is 12.5. The Labute approximate surface area is 148 Å². The van der Waals surface area contributed by atoms with Gasteiger partial charge in [0.2, 0.25) is 5.91 Å². The molecule has 2 amide bonds. The van der Waals surface area contributed by atoms with E-state index in [1.807, 2.05) is 25.1 Å². The number of para-hydroxylation sites is 1. The van der Waals surface area contributed by atoms with Crippen LogP contribution in [0.2, 0.25) is 0 Å². The largest absolute Gasteiger partial charge is 0.493 e. The molecule has 1 saturated heterocycles. The van der Waals surface area contributed by atoms with Crippen LogP contribution in [0.5, 0.6) is 5.75 Å². The minimum atomic E-state index is -0.0889. The summed E-state index contributed by atoms with van der Waals surface area (Å²) in [6.45, 7) is 4.56. The molecule has 0 spiro atoms. The van der Waals surface area contributed by atoms with E-state index in [4.69, 9.17) is 4.74 Å². The van der Waals surface area contributed by atoms with Gasteiger partial charge in [-0.2, -0.15) is 0 Å². The average Bonchev–Trinajstić information content (AvgIpc) is 3.41. The van der Waals surface area contributed by atoms with Gasteiger partial charge in [-0.3, -0.25) is 14.5 Å². The average molecular weight is 345 g/mol. The third-order valence-electron chi connectivity index (χ3n) is 4.66. The number of nitrogens with one attached hydrogen (secondary N) is 2. The highest BCUT2D eigenvalue weighted by Gasteiger charge is 2.26. The minimum absolute atomic E-state index is 0.0889. The first-order valence-corrected chi connectivity index (χ1v) is 9.20. The third kappa shape index (κ3) is 5.19. The Bertz CT molecular complexity index is 608. The third-order valence-corrected chi connectivity index (χ3v) is 4.66. The number of hydrogen-bond acceptors (Lipinski definition) is 4. The lowest BCUT2D eigenvalue weighted by atomic mass is 10.0. The number of nitrogens with zero attached hydrogens (tertiary/aromatic N) is 1. The highest BCUT2D eigenvalue weighted by molar-refractivity contribution is 5.97. The number of carbonyl (C=O) groups is 2. The lowest BCUT2D eigenvalue weighted by molar-refractivity contribution is -0.122. The summed E-state index contributed by atoms with van der Waals surface area (Å²) in [4.78, 5) is 26.6. The highest BCUT2D eigenvalue weighted by Crippen LogP contribution is 2.20. The molecule has 1 saturated carbocycles. The molecule has 1 aromatic carbocycles. The Hall–Kier alpha value is -2.08. The van der Waals surface area contributed by atoms with Crippen LogP contribution < -0.4 is 15.4 Å². The quantitative estimate of drug-likeness (QED) is 0.787. The fourth-order valence-corrected chi connectivity index (χ4v) is 3.14. The van der Waals surface area contributed by atoms with E-state index in [1.165, 1.54) is 0 Å². The van der Waals surface area contributed by atoms with Crippen molar-refractivity contribution in [2.24, 2.45) is 0 Å². The second-order valence-electron chi connectivity index (χ2n) is 6.79. The summed E-state index contributed by atoms with van der Waals surface area (Å²) in [5.41, 5.74) is 0.579. The molecule has 6 heteroatoms. The molecule has 0 bridgehead atoms. The van der Waals surface area contributed by atoms with Crippen LogP contribution in [0.15, 0.2) is 24.3 Å². The van der Waals surface area contributed by atoms with Crippen LogP contribution in [0.25, 0.3) is 0 Å². The van der Waals surface area contributed by atoms with E-state index in [-0.39, 0.29) is 17.9 Å². The molecule has 3 rings (SSSR count). The normalized spacial score (nSPS) is 18.6. The van der Waals surface area contributed by atoms with E-state index in [2.05, 4.69) is 15.5 Å². The van der Waals surface area contributed by atoms with E-state index in [9.17, 15) is 9.59 Å². The molecular formula is C19H27N3O3. The van der Waals surface area contributed by atoms with Gasteiger partial charge in [0, 0.05) is 25.2 Å². The van der Waals surface area contributed by atoms with Gasteiger partial charge in [0.05, 0.1) is 18.7 Å². The minimum Gasteiger partial charge on any atom is -0.493 e. The van der Waals surface area contributed by atoms with Crippen LogP contribution in [-0.4, -0.2) is 55.0 Å². The highest BCUT2D eigenvalue weighted by atomic mass is 16.5. The molecular weight excluding hydrogens is 318 g/mol. The van der Waals surface area contributed by atoms with Crippen molar-refractivity contribution in [2.75, 3.05) is 26.2 Å². The molecule has 6 nitrogen and oxygen atoms in total. The first-order chi connectivity index (χ1) is 12.2. The number of benzene rings is 1. The van der Waals surface area contributed by atoms with Crippen molar-refractivity contribution >= 4 is 11.8 Å². The van der Waals surface area contributed by atoms with Crippen molar-refractivity contribution in [1.29, 1.82) is 0 Å². The maximum Gasteiger partial charge on any atom is 0.255 e. The Balaban J connectivity index is 1.45. The van der Waals surface area contributed by atoms with Crippen LogP contribution in [0.4, 0.5) is 0 Å². The van der Waals surface area contributed by atoms with Gasteiger partial charge in [-0.15, -0.1) is 0 Å². The van der Waals surface area contributed by atoms with Crippen molar-refractivity contribution in [2.45, 2.75) is 44.7 Å². The predicted molar refractivity (Wildman–Crippen MR) is 95.7 cm³/mol. The molecule has 2 N–H and O–H groups in total. The molecule has 0 atom stereocenters. The van der Waals surface area contributed by atoms with Gasteiger partial charge in [0.1, 0.15) is 5.75 Å². The number of likely N-dealkylation sites (tertiary alicyclic amines) is 1. The van der Waals surface area contributed by atoms with E-state index in [1.54, 1.807) is 6.07 Å². The summed E-state index contributed by atoms with van der Waals surface area (Å²) in [5, 5.41) is 6.12. The van der Waals surface area contributed by atoms with E-state index in [0.717, 1.165) is 38.8 Å². The lowest BCUT2D eigenvalue weighted by Gasteiger charge is -2.32. The van der Waals surface area contributed by atoms with E-state index < -0.39 is 0 Å². The molecule has 1 aliphatic carbocycles. The Morgan fingerprint density at radius 3 is 2.44 bits per heavy atom. The number of rotatable bonds is 7. The molecule has 0 aromatic heterocycles. The van der Waals surface area contributed by atoms with Crippen LogP contribution in [-0.2, 0) is 4.79 Å². The van der Waals surface area contributed by atoms with Crippen molar-refractivity contribution in [1.82, 2.24) is 15.5 Å². The van der Waals surface area contributed by atoms with Crippen molar-refractivity contribution in [3.8, 4) is 5.75 Å². The van der Waals surface area contributed by atoms with Crippen molar-refractivity contribution < 1.29 is 14.3 Å². The van der Waals surface area contributed by atoms with E-state index in [0.29, 0.717) is 30.5 Å². The van der Waals surface area contributed by atoms with Crippen LogP contribution >= 0.6 is 0 Å². The molecule has 0 radical (unpaired) electrons. The zero-order valence-electron chi connectivity index (χ0n) is 14.8. The topological polar surface area (TPSA) is 70.7 Å². The lowest BCUT2D eigenvalue weighted by Crippen LogP contribution is -2.47. The molecule has 1 aliphatic heterocycles.